The van der Waals surface area contributed by atoms with Crippen molar-refractivity contribution in [3.63, 3.8) is 0 Å². The van der Waals surface area contributed by atoms with Gasteiger partial charge in [0.1, 0.15) is 24.1 Å². The molecular weight excluding hydrogens is 509 g/mol. The lowest BCUT2D eigenvalue weighted by Crippen LogP contribution is -2.65. The fourth-order valence-corrected chi connectivity index (χ4v) is 7.48. The van der Waals surface area contributed by atoms with Gasteiger partial charge < -0.3 is 18.3 Å². The molecule has 38 heavy (non-hydrogen) atoms. The Balaban J connectivity index is 1.94. The highest BCUT2D eigenvalue weighted by Gasteiger charge is 2.62. The quantitative estimate of drug-likeness (QED) is 0.249. The maximum Gasteiger partial charge on any atom is 0.193 e. The van der Waals surface area contributed by atoms with E-state index in [0.717, 1.165) is 12.2 Å². The molecule has 2 saturated carbocycles. The zero-order valence-corrected chi connectivity index (χ0v) is 27.6. The summed E-state index contributed by atoms with van der Waals surface area (Å²) >= 11 is 0. The third-order valence-corrected chi connectivity index (χ3v) is 18.5. The van der Waals surface area contributed by atoms with Gasteiger partial charge in [-0.2, -0.15) is 0 Å². The normalized spacial score (nSPS) is 27.0. The second-order valence-corrected chi connectivity index (χ2v) is 23.6. The standard InChI is InChI=1S/C31H50O5Si2/c1-29(2,3)37(8,9)35-24(22-34-23-15-13-12-14-16-23)17-18-25-26-21-28(32)31(26,33-7)20-19-27(25)36-38(10,11)30(4,5)6/h12-16,24-27H,19-22H2,1-11H3/t24-,25-,26-,27-,31-/m1/s1. The number of fused-ring (bicyclic) bond motifs is 1. The van der Waals surface area contributed by atoms with E-state index in [1.807, 2.05) is 30.3 Å². The van der Waals surface area contributed by atoms with Crippen LogP contribution in [0.3, 0.4) is 0 Å². The molecule has 2 aliphatic carbocycles. The predicted octanol–water partition coefficient (Wildman–Crippen LogP) is 7.23. The highest BCUT2D eigenvalue weighted by atomic mass is 28.4. The highest BCUT2D eigenvalue weighted by molar-refractivity contribution is 6.74. The van der Waals surface area contributed by atoms with Crippen LogP contribution in [0.2, 0.25) is 36.3 Å². The number of hydrogen-bond acceptors (Lipinski definition) is 5. The van der Waals surface area contributed by atoms with Crippen molar-refractivity contribution in [2.75, 3.05) is 13.7 Å². The zero-order valence-electron chi connectivity index (χ0n) is 25.6. The SMILES string of the molecule is CO[C@]12CC[C@@H](O[Si](C)(C)C(C)(C)C)[C@H](C#C[C@H](COc3ccccc3)O[Si](C)(C)C(C)(C)C)[C@H]1CC2=O. The first-order chi connectivity index (χ1) is 17.4. The molecule has 0 aliphatic heterocycles. The van der Waals surface area contributed by atoms with E-state index >= 15 is 0 Å². The fourth-order valence-electron chi connectivity index (χ4n) is 4.91. The van der Waals surface area contributed by atoms with Crippen molar-refractivity contribution in [1.82, 2.24) is 0 Å². The Morgan fingerprint density at radius 2 is 1.61 bits per heavy atom. The molecule has 0 heterocycles. The average molecular weight is 559 g/mol. The fraction of sp³-hybridized carbons (Fsp3) is 0.710. The Bertz CT molecular complexity index is 1030. The Morgan fingerprint density at radius 1 is 1.00 bits per heavy atom. The molecule has 0 radical (unpaired) electrons. The van der Waals surface area contributed by atoms with Crippen LogP contribution in [0.15, 0.2) is 30.3 Å². The smallest absolute Gasteiger partial charge is 0.193 e. The molecule has 0 saturated heterocycles. The van der Waals surface area contributed by atoms with Crippen molar-refractivity contribution >= 4 is 22.4 Å². The lowest BCUT2D eigenvalue weighted by atomic mass is 9.55. The van der Waals surface area contributed by atoms with E-state index in [9.17, 15) is 4.79 Å². The summed E-state index contributed by atoms with van der Waals surface area (Å²) in [5.41, 5.74) is -0.719. The van der Waals surface area contributed by atoms with Gasteiger partial charge in [-0.25, -0.2) is 0 Å². The molecule has 3 rings (SSSR count). The van der Waals surface area contributed by atoms with E-state index in [-0.39, 0.29) is 39.9 Å². The zero-order chi connectivity index (χ0) is 28.6. The number of ether oxygens (including phenoxy) is 2. The number of para-hydroxylation sites is 1. The summed E-state index contributed by atoms with van der Waals surface area (Å²) in [6.07, 6.45) is 1.58. The largest absolute Gasteiger partial charge is 0.490 e. The van der Waals surface area contributed by atoms with Gasteiger partial charge in [-0.3, -0.25) is 4.79 Å². The number of carbonyl (C=O) groups is 1. The molecule has 0 spiro atoms. The molecule has 0 aromatic heterocycles. The van der Waals surface area contributed by atoms with Crippen LogP contribution in [-0.4, -0.2) is 53.9 Å². The Labute approximate surface area is 233 Å². The number of benzene rings is 1. The average Bonchev–Trinajstić information content (AvgIpc) is 2.80. The first-order valence-electron chi connectivity index (χ1n) is 14.1. The molecule has 0 amide bonds. The van der Waals surface area contributed by atoms with Crippen LogP contribution in [0.4, 0.5) is 0 Å². The number of Topliss-reactive ketones (excluding diaryl/α,β-unsaturated/α-hetero) is 1. The maximum absolute atomic E-state index is 12.8. The maximum atomic E-state index is 12.8. The van der Waals surface area contributed by atoms with Gasteiger partial charge in [0.15, 0.2) is 22.4 Å². The van der Waals surface area contributed by atoms with Crippen molar-refractivity contribution in [3.05, 3.63) is 30.3 Å². The van der Waals surface area contributed by atoms with Crippen molar-refractivity contribution < 1.29 is 23.1 Å². The van der Waals surface area contributed by atoms with Crippen molar-refractivity contribution in [2.45, 2.75) is 115 Å². The van der Waals surface area contributed by atoms with E-state index in [1.54, 1.807) is 7.11 Å². The van der Waals surface area contributed by atoms with Gasteiger partial charge in [0.05, 0.1) is 12.0 Å². The van der Waals surface area contributed by atoms with Gasteiger partial charge in [0.25, 0.3) is 0 Å². The van der Waals surface area contributed by atoms with Crippen molar-refractivity contribution in [2.24, 2.45) is 11.8 Å². The highest BCUT2D eigenvalue weighted by Crippen LogP contribution is 2.53. The second kappa shape index (κ2) is 11.2. The first-order valence-corrected chi connectivity index (χ1v) is 19.9. The monoisotopic (exact) mass is 558 g/mol. The van der Waals surface area contributed by atoms with Crippen molar-refractivity contribution in [3.8, 4) is 17.6 Å². The molecular formula is C31H50O5Si2. The second-order valence-electron chi connectivity index (χ2n) is 14.1. The van der Waals surface area contributed by atoms with Crippen molar-refractivity contribution in [1.29, 1.82) is 0 Å². The molecule has 0 unspecified atom stereocenters. The van der Waals surface area contributed by atoms with Crippen LogP contribution in [-0.2, 0) is 18.4 Å². The van der Waals surface area contributed by atoms with Gasteiger partial charge in [-0.1, -0.05) is 71.6 Å². The predicted molar refractivity (Wildman–Crippen MR) is 159 cm³/mol. The molecule has 7 heteroatoms. The van der Waals surface area contributed by atoms with E-state index < -0.39 is 22.2 Å². The minimum absolute atomic E-state index is 0.0201. The lowest BCUT2D eigenvalue weighted by molar-refractivity contribution is -0.189. The lowest BCUT2D eigenvalue weighted by Gasteiger charge is -2.55. The number of ketones is 1. The molecule has 2 fully saturated rings. The topological polar surface area (TPSA) is 54.0 Å². The van der Waals surface area contributed by atoms with Gasteiger partial charge in [0, 0.05) is 19.4 Å². The van der Waals surface area contributed by atoms with Gasteiger partial charge >= 0.3 is 0 Å². The van der Waals surface area contributed by atoms with Crippen LogP contribution in [0, 0.1) is 23.7 Å². The molecule has 1 aromatic carbocycles. The minimum atomic E-state index is -2.11. The molecule has 5 nitrogen and oxygen atoms in total. The number of methoxy groups -OCH3 is 1. The van der Waals surface area contributed by atoms with Crippen LogP contribution in [0.5, 0.6) is 5.75 Å². The number of rotatable bonds is 8. The van der Waals surface area contributed by atoms with Crippen LogP contribution in [0.25, 0.3) is 0 Å². The molecule has 1 aromatic rings. The van der Waals surface area contributed by atoms with E-state index in [4.69, 9.17) is 18.3 Å². The summed E-state index contributed by atoms with van der Waals surface area (Å²) in [6, 6.07) is 9.81. The van der Waals surface area contributed by atoms with Crippen LogP contribution in [0.1, 0.15) is 60.8 Å². The van der Waals surface area contributed by atoms with Gasteiger partial charge in [-0.15, -0.1) is 0 Å². The summed E-state index contributed by atoms with van der Waals surface area (Å²) in [5, 5.41) is 0.137. The van der Waals surface area contributed by atoms with E-state index in [2.05, 4.69) is 79.6 Å². The molecule has 0 N–H and O–H groups in total. The Kier molecular flexibility index (Phi) is 9.17. The van der Waals surface area contributed by atoms with E-state index in [1.165, 1.54) is 0 Å². The summed E-state index contributed by atoms with van der Waals surface area (Å²) in [4.78, 5) is 12.8. The molecule has 212 valence electrons. The third-order valence-electron chi connectivity index (χ3n) is 9.53. The molecule has 0 bridgehead atoms. The van der Waals surface area contributed by atoms with E-state index in [0.29, 0.717) is 19.4 Å². The Hall–Kier alpha value is -1.44. The summed E-state index contributed by atoms with van der Waals surface area (Å²) in [7, 11) is -2.47. The molecule has 2 aliphatic rings. The van der Waals surface area contributed by atoms with Gasteiger partial charge in [0.2, 0.25) is 0 Å². The third kappa shape index (κ3) is 6.47. The van der Waals surface area contributed by atoms with Crippen LogP contribution < -0.4 is 4.74 Å². The summed E-state index contributed by atoms with van der Waals surface area (Å²) in [6.45, 7) is 22.9. The van der Waals surface area contributed by atoms with Gasteiger partial charge in [-0.05, 0) is 61.2 Å². The minimum Gasteiger partial charge on any atom is -0.490 e. The molecule has 5 atom stereocenters. The number of carbonyl (C=O) groups excluding carboxylic acids is 1. The Morgan fingerprint density at radius 3 is 2.13 bits per heavy atom. The van der Waals surface area contributed by atoms with Crippen LogP contribution >= 0.6 is 0 Å². The summed E-state index contributed by atoms with van der Waals surface area (Å²) < 4.78 is 25.7. The summed E-state index contributed by atoms with van der Waals surface area (Å²) in [5.74, 6) is 8.05. The number of hydrogen-bond donors (Lipinski definition) is 0. The first kappa shape index (κ1) is 31.1.